The van der Waals surface area contributed by atoms with Crippen molar-refractivity contribution >= 4 is 17.9 Å². The lowest BCUT2D eigenvalue weighted by Crippen LogP contribution is -2.59. The number of fused-ring (bicyclic) bond motifs is 1. The van der Waals surface area contributed by atoms with Gasteiger partial charge in [0.05, 0.1) is 12.0 Å². The van der Waals surface area contributed by atoms with Gasteiger partial charge in [-0.15, -0.1) is 0 Å². The van der Waals surface area contributed by atoms with Crippen LogP contribution in [0.2, 0.25) is 0 Å². The number of esters is 2. The summed E-state index contributed by atoms with van der Waals surface area (Å²) in [5.74, 6) is -18.8. The maximum atomic E-state index is 13.3. The van der Waals surface area contributed by atoms with Crippen LogP contribution in [-0.4, -0.2) is 54.2 Å². The molecule has 122 valence electrons. The fraction of sp³-hybridized carbons (Fsp3) is 0.727. The average molecular weight is 327 g/mol. The third-order valence-electron chi connectivity index (χ3n) is 3.93. The molecule has 3 aliphatic rings. The first-order valence-corrected chi connectivity index (χ1v) is 6.11. The molecule has 3 rings (SSSR count). The fourth-order valence-electron chi connectivity index (χ4n) is 2.84. The molecule has 0 saturated carbocycles. The first-order valence-electron chi connectivity index (χ1n) is 6.11. The molecule has 11 heteroatoms. The van der Waals surface area contributed by atoms with Gasteiger partial charge in [0, 0.05) is 0 Å². The van der Waals surface area contributed by atoms with Crippen LogP contribution in [0, 0.1) is 5.92 Å². The first kappa shape index (κ1) is 15.0. The molecule has 3 fully saturated rings. The molecule has 2 bridgehead atoms. The molecule has 5 unspecified atom stereocenters. The van der Waals surface area contributed by atoms with Gasteiger partial charge < -0.3 is 24.1 Å². The summed E-state index contributed by atoms with van der Waals surface area (Å²) >= 11 is 0. The molecule has 0 aromatic heterocycles. The Morgan fingerprint density at radius 2 is 1.82 bits per heavy atom. The van der Waals surface area contributed by atoms with Crippen molar-refractivity contribution in [3.05, 3.63) is 0 Å². The zero-order valence-corrected chi connectivity index (χ0v) is 10.5. The van der Waals surface area contributed by atoms with Crippen LogP contribution < -0.4 is 5.11 Å². The smallest absolute Gasteiger partial charge is 0.410 e. The molecule has 7 nitrogen and oxygen atoms in total. The van der Waals surface area contributed by atoms with Gasteiger partial charge in [-0.05, 0) is 6.42 Å². The van der Waals surface area contributed by atoms with E-state index < -0.39 is 60.1 Å². The van der Waals surface area contributed by atoms with Gasteiger partial charge in [0.2, 0.25) is 0 Å². The minimum absolute atomic E-state index is 0.0421. The van der Waals surface area contributed by atoms with Gasteiger partial charge in [-0.25, -0.2) is 4.79 Å². The molecule has 3 heterocycles. The van der Waals surface area contributed by atoms with Crippen molar-refractivity contribution in [2.24, 2.45) is 5.92 Å². The Balaban J connectivity index is 1.76. The molecular formula is C11H7F4O7-. The van der Waals surface area contributed by atoms with E-state index in [1.165, 1.54) is 0 Å². The van der Waals surface area contributed by atoms with E-state index >= 15 is 0 Å². The summed E-state index contributed by atoms with van der Waals surface area (Å²) in [6, 6.07) is 0. The van der Waals surface area contributed by atoms with Gasteiger partial charge >= 0.3 is 23.8 Å². The molecule has 0 aliphatic carbocycles. The van der Waals surface area contributed by atoms with E-state index in [2.05, 4.69) is 4.74 Å². The van der Waals surface area contributed by atoms with Gasteiger partial charge in [-0.1, -0.05) is 0 Å². The summed E-state index contributed by atoms with van der Waals surface area (Å²) < 4.78 is 66.5. The standard InChI is InChI=1S/C11H8F4O7/c12-10(13,8(17)18)11(14,15)9(19)22-5-3-1-2-4(20-3)6(5)21-7(2)16/h2-6H,1H2,(H,17,18)/p-1. The quantitative estimate of drug-likeness (QED) is 0.464. The van der Waals surface area contributed by atoms with Gasteiger partial charge in [-0.3, -0.25) is 4.79 Å². The van der Waals surface area contributed by atoms with Crippen LogP contribution in [0.4, 0.5) is 17.6 Å². The van der Waals surface area contributed by atoms with Crippen molar-refractivity contribution in [2.45, 2.75) is 42.7 Å². The van der Waals surface area contributed by atoms with Crippen LogP contribution >= 0.6 is 0 Å². The van der Waals surface area contributed by atoms with E-state index in [0.29, 0.717) is 0 Å². The Morgan fingerprint density at radius 1 is 1.18 bits per heavy atom. The molecule has 3 saturated heterocycles. The van der Waals surface area contributed by atoms with Crippen molar-refractivity contribution in [2.75, 3.05) is 0 Å². The minimum Gasteiger partial charge on any atom is -0.544 e. The van der Waals surface area contributed by atoms with E-state index in [4.69, 9.17) is 9.47 Å². The molecule has 0 radical (unpaired) electrons. The summed E-state index contributed by atoms with van der Waals surface area (Å²) in [6.07, 6.45) is -4.33. The lowest BCUT2D eigenvalue weighted by molar-refractivity contribution is -0.346. The normalized spacial score (nSPS) is 36.4. The third-order valence-corrected chi connectivity index (χ3v) is 3.93. The van der Waals surface area contributed by atoms with E-state index in [-0.39, 0.29) is 6.42 Å². The topological polar surface area (TPSA) is 102 Å². The highest BCUT2D eigenvalue weighted by atomic mass is 19.3. The zero-order valence-electron chi connectivity index (χ0n) is 10.5. The lowest BCUT2D eigenvalue weighted by atomic mass is 9.88. The minimum atomic E-state index is -5.74. The van der Waals surface area contributed by atoms with Crippen molar-refractivity contribution in [1.82, 2.24) is 0 Å². The van der Waals surface area contributed by atoms with E-state index in [9.17, 15) is 37.1 Å². The second-order valence-corrected chi connectivity index (χ2v) is 5.19. The van der Waals surface area contributed by atoms with Crippen LogP contribution in [-0.2, 0) is 28.6 Å². The molecule has 0 amide bonds. The predicted molar refractivity (Wildman–Crippen MR) is 51.4 cm³/mol. The van der Waals surface area contributed by atoms with Crippen molar-refractivity contribution < 1.29 is 51.3 Å². The van der Waals surface area contributed by atoms with Crippen molar-refractivity contribution in [3.8, 4) is 0 Å². The van der Waals surface area contributed by atoms with Crippen molar-refractivity contribution in [3.63, 3.8) is 0 Å². The van der Waals surface area contributed by atoms with Crippen LogP contribution in [0.5, 0.6) is 0 Å². The zero-order chi connectivity index (χ0) is 16.4. The van der Waals surface area contributed by atoms with Crippen LogP contribution in [0.1, 0.15) is 6.42 Å². The highest BCUT2D eigenvalue weighted by Gasteiger charge is 2.69. The summed E-state index contributed by atoms with van der Waals surface area (Å²) in [5.41, 5.74) is 0. The Kier molecular flexibility index (Phi) is 2.94. The monoisotopic (exact) mass is 327 g/mol. The summed E-state index contributed by atoms with van der Waals surface area (Å²) in [6.45, 7) is 0. The summed E-state index contributed by atoms with van der Waals surface area (Å²) in [7, 11) is 0. The number of carbonyl (C=O) groups excluding carboxylic acids is 3. The number of aliphatic carboxylic acids is 1. The lowest BCUT2D eigenvalue weighted by Gasteiger charge is -2.28. The first-order chi connectivity index (χ1) is 10.1. The maximum absolute atomic E-state index is 13.3. The van der Waals surface area contributed by atoms with Gasteiger partial charge in [0.15, 0.2) is 12.2 Å². The molecule has 22 heavy (non-hydrogen) atoms. The summed E-state index contributed by atoms with van der Waals surface area (Å²) in [5, 5.41) is 10.1. The number of hydrogen-bond donors (Lipinski definition) is 0. The highest BCUT2D eigenvalue weighted by molar-refractivity contribution is 5.88. The van der Waals surface area contributed by atoms with Gasteiger partial charge in [0.25, 0.3) is 0 Å². The second kappa shape index (κ2) is 4.31. The third kappa shape index (κ3) is 1.74. The SMILES string of the molecule is O=C1OC2C(OC(=O)C(F)(F)C(F)(F)C(=O)[O-])C3CC1C2O3. The number of carbonyl (C=O) groups is 3. The fourth-order valence-corrected chi connectivity index (χ4v) is 2.84. The molecule has 3 aliphatic heterocycles. The number of halogens is 4. The van der Waals surface area contributed by atoms with Crippen LogP contribution in [0.3, 0.4) is 0 Å². The number of hydrogen-bond acceptors (Lipinski definition) is 7. The Labute approximate surface area is 119 Å². The Bertz CT molecular complexity index is 563. The van der Waals surface area contributed by atoms with Crippen LogP contribution in [0.25, 0.3) is 0 Å². The number of ether oxygens (including phenoxy) is 3. The maximum Gasteiger partial charge on any atom is 0.410 e. The number of alkyl halides is 4. The molecule has 0 aromatic carbocycles. The van der Waals surface area contributed by atoms with Gasteiger partial charge in [-0.2, -0.15) is 17.6 Å². The molecule has 0 N–H and O–H groups in total. The Hall–Kier alpha value is -1.91. The number of carboxylic acids is 1. The average Bonchev–Trinajstić information content (AvgIpc) is 3.02. The molecule has 0 spiro atoms. The van der Waals surface area contributed by atoms with E-state index in [0.717, 1.165) is 0 Å². The van der Waals surface area contributed by atoms with E-state index in [1.54, 1.807) is 0 Å². The second-order valence-electron chi connectivity index (χ2n) is 5.19. The van der Waals surface area contributed by atoms with E-state index in [1.807, 2.05) is 0 Å². The Morgan fingerprint density at radius 3 is 2.41 bits per heavy atom. The summed E-state index contributed by atoms with van der Waals surface area (Å²) in [4.78, 5) is 32.7. The molecule has 0 aromatic rings. The number of carboxylic acid groups (broad SMARTS) is 1. The molecular weight excluding hydrogens is 320 g/mol. The van der Waals surface area contributed by atoms with Gasteiger partial charge in [0.1, 0.15) is 12.1 Å². The predicted octanol–water partition coefficient (Wildman–Crippen LogP) is -1.37. The molecule has 5 atom stereocenters. The van der Waals surface area contributed by atoms with Crippen molar-refractivity contribution in [1.29, 1.82) is 0 Å². The van der Waals surface area contributed by atoms with Crippen LogP contribution in [0.15, 0.2) is 0 Å². The highest BCUT2D eigenvalue weighted by Crippen LogP contribution is 2.48. The number of rotatable bonds is 4. The largest absolute Gasteiger partial charge is 0.544 e.